The zero-order valence-electron chi connectivity index (χ0n) is 22.1. The second-order valence-corrected chi connectivity index (χ2v) is 9.48. The van der Waals surface area contributed by atoms with E-state index in [0.29, 0.717) is 52.3 Å². The van der Waals surface area contributed by atoms with E-state index in [9.17, 15) is 9.59 Å². The Morgan fingerprint density at radius 3 is 2.95 bits per heavy atom. The molecule has 0 fully saturated rings. The van der Waals surface area contributed by atoms with Crippen LogP contribution < -0.4 is 15.4 Å². The van der Waals surface area contributed by atoms with Gasteiger partial charge in [-0.3, -0.25) is 10.1 Å². The molecule has 2 aromatic heterocycles. The number of benzene rings is 2. The maximum Gasteiger partial charge on any atom is 0.411 e. The molecule has 2 amide bonds. The number of aromatic nitrogens is 6. The summed E-state index contributed by atoms with van der Waals surface area (Å²) in [6.45, 7) is 0.484. The summed E-state index contributed by atoms with van der Waals surface area (Å²) in [4.78, 5) is 32.7. The number of ether oxygens (including phenoxy) is 2. The number of anilines is 1. The van der Waals surface area contributed by atoms with E-state index in [1.165, 1.54) is 24.2 Å². The third-order valence-corrected chi connectivity index (χ3v) is 6.48. The molecule has 3 heterocycles. The highest BCUT2D eigenvalue weighted by molar-refractivity contribution is 6.30. The first kappa shape index (κ1) is 27.6. The minimum Gasteiger partial charge on any atom is -0.493 e. The number of hydrogen-bond donors (Lipinski definition) is 3. The number of carbonyl (C=O) groups is 2. The predicted octanol–water partition coefficient (Wildman–Crippen LogP) is 4.87. The Morgan fingerprint density at radius 1 is 1.22 bits per heavy atom. The van der Waals surface area contributed by atoms with Gasteiger partial charge in [0.25, 0.3) is 0 Å². The van der Waals surface area contributed by atoms with Crippen LogP contribution in [0.25, 0.3) is 23.0 Å². The van der Waals surface area contributed by atoms with Gasteiger partial charge in [-0.1, -0.05) is 23.8 Å². The standard InChI is InChI=1S/C28H27ClN8O4/c1-40-28(39)32-20-9-10-21-23-16-30-27(34-23)22(6-4-2-3-5-13-41-25(21)15-20)33-26(38)12-7-18-14-19(29)8-11-24(18)37-17-31-35-36-37/h2,4,7-12,14-17,22H,3,5-6,13H2,1H3,(H,30,34)(H,32,39)(H,33,38)/b4-2-,12-7+/t22-/m0/s1. The molecule has 0 aliphatic carbocycles. The van der Waals surface area contributed by atoms with Crippen molar-refractivity contribution in [3.63, 3.8) is 0 Å². The molecule has 2 aromatic carbocycles. The Balaban J connectivity index is 1.38. The largest absolute Gasteiger partial charge is 0.493 e. The van der Waals surface area contributed by atoms with Crippen LogP contribution in [-0.4, -0.2) is 55.9 Å². The summed E-state index contributed by atoms with van der Waals surface area (Å²) >= 11 is 6.20. The quantitative estimate of drug-likeness (QED) is 0.226. The zero-order chi connectivity index (χ0) is 28.6. The van der Waals surface area contributed by atoms with Crippen LogP contribution in [0.3, 0.4) is 0 Å². The second-order valence-electron chi connectivity index (χ2n) is 9.05. The molecule has 5 rings (SSSR count). The minimum atomic E-state index is -0.573. The highest BCUT2D eigenvalue weighted by atomic mass is 35.5. The molecule has 13 heteroatoms. The first-order valence-electron chi connectivity index (χ1n) is 12.8. The number of imidazole rings is 1. The van der Waals surface area contributed by atoms with Gasteiger partial charge in [0.2, 0.25) is 5.91 Å². The molecule has 12 nitrogen and oxygen atoms in total. The van der Waals surface area contributed by atoms with Crippen LogP contribution >= 0.6 is 11.6 Å². The number of nitrogens with zero attached hydrogens (tertiary/aromatic N) is 5. The lowest BCUT2D eigenvalue weighted by molar-refractivity contribution is -0.117. The van der Waals surface area contributed by atoms with Crippen LogP contribution in [0, 0.1) is 0 Å². The lowest BCUT2D eigenvalue weighted by Gasteiger charge is -2.14. The first-order valence-corrected chi connectivity index (χ1v) is 13.2. The third-order valence-electron chi connectivity index (χ3n) is 6.24. The number of carbonyl (C=O) groups excluding carboxylic acids is 2. The fraction of sp³-hybridized carbons (Fsp3) is 0.214. The average Bonchev–Trinajstić information content (AvgIpc) is 3.68. The summed E-state index contributed by atoms with van der Waals surface area (Å²) in [5.74, 6) is 0.852. The van der Waals surface area contributed by atoms with Crippen molar-refractivity contribution >= 4 is 35.4 Å². The van der Waals surface area contributed by atoms with Crippen LogP contribution in [-0.2, 0) is 9.53 Å². The number of hydrogen-bond acceptors (Lipinski definition) is 8. The number of tetrazole rings is 1. The molecule has 0 saturated heterocycles. The van der Waals surface area contributed by atoms with Crippen LogP contribution in [0.1, 0.15) is 36.7 Å². The van der Waals surface area contributed by atoms with Gasteiger partial charge in [0.15, 0.2) is 0 Å². The van der Waals surface area contributed by atoms with Gasteiger partial charge >= 0.3 is 6.09 Å². The number of halogens is 1. The van der Waals surface area contributed by atoms with Gasteiger partial charge in [-0.2, -0.15) is 4.68 Å². The number of H-pyrrole nitrogens is 1. The molecule has 1 aliphatic rings. The zero-order valence-corrected chi connectivity index (χ0v) is 22.8. The van der Waals surface area contributed by atoms with Crippen LogP contribution in [0.4, 0.5) is 10.5 Å². The van der Waals surface area contributed by atoms with Crippen molar-refractivity contribution in [2.75, 3.05) is 19.0 Å². The molecule has 0 saturated carbocycles. The Labute approximate surface area is 240 Å². The Hall–Kier alpha value is -4.97. The van der Waals surface area contributed by atoms with Crippen molar-refractivity contribution in [1.29, 1.82) is 0 Å². The predicted molar refractivity (Wildman–Crippen MR) is 153 cm³/mol. The van der Waals surface area contributed by atoms with E-state index >= 15 is 0 Å². The number of nitrogens with one attached hydrogen (secondary N) is 3. The topological polar surface area (TPSA) is 149 Å². The SMILES string of the molecule is COC(=O)Nc1ccc2c(c1)OCCC/C=C\C[C@H](NC(=O)/C=C/c1cc(Cl)ccc1-n1cnnn1)c1nc-2c[nH]1. The summed E-state index contributed by atoms with van der Waals surface area (Å²) in [7, 11) is 1.30. The van der Waals surface area contributed by atoms with Gasteiger partial charge in [0.05, 0.1) is 31.1 Å². The summed E-state index contributed by atoms with van der Waals surface area (Å²) in [6, 6.07) is 10.1. The van der Waals surface area contributed by atoms with E-state index in [4.69, 9.17) is 26.1 Å². The molecule has 4 aromatic rings. The molecule has 210 valence electrons. The van der Waals surface area contributed by atoms with Crippen molar-refractivity contribution in [3.8, 4) is 22.7 Å². The highest BCUT2D eigenvalue weighted by Crippen LogP contribution is 2.33. The minimum absolute atomic E-state index is 0.310. The van der Waals surface area contributed by atoms with Crippen LogP contribution in [0.5, 0.6) is 5.75 Å². The van der Waals surface area contributed by atoms with E-state index in [2.05, 4.69) is 37.2 Å². The Morgan fingerprint density at radius 2 is 2.12 bits per heavy atom. The monoisotopic (exact) mass is 574 g/mol. The molecule has 41 heavy (non-hydrogen) atoms. The first-order chi connectivity index (χ1) is 20.0. The number of allylic oxidation sites excluding steroid dienone is 1. The van der Waals surface area contributed by atoms with E-state index in [1.54, 1.807) is 42.6 Å². The average molecular weight is 575 g/mol. The van der Waals surface area contributed by atoms with Crippen molar-refractivity contribution in [2.24, 2.45) is 0 Å². The maximum absolute atomic E-state index is 13.1. The van der Waals surface area contributed by atoms with E-state index in [-0.39, 0.29) is 5.91 Å². The number of rotatable bonds is 5. The third kappa shape index (κ3) is 6.97. The molecule has 1 aliphatic heterocycles. The summed E-state index contributed by atoms with van der Waals surface area (Å²) in [6.07, 6.45) is 12.0. The van der Waals surface area contributed by atoms with Gasteiger partial charge in [-0.15, -0.1) is 5.10 Å². The maximum atomic E-state index is 13.1. The van der Waals surface area contributed by atoms with Gasteiger partial charge in [-0.05, 0) is 66.1 Å². The fourth-order valence-corrected chi connectivity index (χ4v) is 4.43. The van der Waals surface area contributed by atoms with Crippen molar-refractivity contribution in [1.82, 2.24) is 35.5 Å². The molecular weight excluding hydrogens is 548 g/mol. The molecular formula is C28H27ClN8O4. The summed E-state index contributed by atoms with van der Waals surface area (Å²) < 4.78 is 12.2. The normalized spacial score (nSPS) is 15.9. The Kier molecular flexibility index (Phi) is 8.70. The van der Waals surface area contributed by atoms with Gasteiger partial charge < -0.3 is 19.8 Å². The molecule has 1 atom stereocenters. The molecule has 0 unspecified atom stereocenters. The number of aromatic amines is 1. The van der Waals surface area contributed by atoms with Crippen LogP contribution in [0.15, 0.2) is 67.2 Å². The lowest BCUT2D eigenvalue weighted by Crippen LogP contribution is -2.27. The van der Waals surface area contributed by atoms with Crippen molar-refractivity contribution < 1.29 is 19.1 Å². The van der Waals surface area contributed by atoms with Gasteiger partial charge in [0.1, 0.15) is 17.9 Å². The van der Waals surface area contributed by atoms with Gasteiger partial charge in [-0.25, -0.2) is 9.78 Å². The number of fused-ring (bicyclic) bond motifs is 4. The highest BCUT2D eigenvalue weighted by Gasteiger charge is 2.19. The number of amides is 2. The van der Waals surface area contributed by atoms with Crippen molar-refractivity contribution in [3.05, 3.63) is 83.6 Å². The smallest absolute Gasteiger partial charge is 0.411 e. The molecule has 0 radical (unpaired) electrons. The lowest BCUT2D eigenvalue weighted by atomic mass is 10.1. The van der Waals surface area contributed by atoms with Gasteiger partial charge in [0, 0.05) is 40.2 Å². The van der Waals surface area contributed by atoms with E-state index in [0.717, 1.165) is 18.4 Å². The summed E-state index contributed by atoms with van der Waals surface area (Å²) in [5.41, 5.74) is 3.27. The summed E-state index contributed by atoms with van der Waals surface area (Å²) in [5, 5.41) is 17.5. The molecule has 2 bridgehead atoms. The van der Waals surface area contributed by atoms with E-state index in [1.807, 2.05) is 12.1 Å². The van der Waals surface area contributed by atoms with Crippen molar-refractivity contribution in [2.45, 2.75) is 25.3 Å². The van der Waals surface area contributed by atoms with E-state index < -0.39 is 12.1 Å². The van der Waals surface area contributed by atoms with Crippen LogP contribution in [0.2, 0.25) is 5.02 Å². The number of methoxy groups -OCH3 is 1. The second kappa shape index (κ2) is 12.9. The fourth-order valence-electron chi connectivity index (χ4n) is 4.25. The molecule has 3 N–H and O–H groups in total. The Bertz CT molecular complexity index is 1580. The molecule has 0 spiro atoms.